The van der Waals surface area contributed by atoms with Crippen molar-refractivity contribution < 1.29 is 0 Å². The lowest BCUT2D eigenvalue weighted by atomic mass is 9.70. The van der Waals surface area contributed by atoms with Crippen LogP contribution in [0.1, 0.15) is 22.3 Å². The summed E-state index contributed by atoms with van der Waals surface area (Å²) in [6.07, 6.45) is 0. The zero-order valence-corrected chi connectivity index (χ0v) is 28.9. The standard InChI is InChI=1S/C51H32N2/c1-3-15-33(16-4-1)36-29-30-43(38-20-8-7-19-37(36)38)49-32-48(52-50(53-49)34-17-5-2-6-18-34)35-27-28-42-41-23-11-14-26-46(41)51(47(42)31-35)44-24-12-9-21-39(44)40-22-10-13-25-45(40)51/h1-32H. The van der Waals surface area contributed by atoms with E-state index in [2.05, 4.69) is 188 Å². The molecule has 0 unspecified atom stereocenters. The van der Waals surface area contributed by atoms with Gasteiger partial charge in [-0.15, -0.1) is 0 Å². The van der Waals surface area contributed by atoms with Crippen LogP contribution in [0.4, 0.5) is 0 Å². The number of benzene rings is 8. The van der Waals surface area contributed by atoms with Crippen molar-refractivity contribution in [3.05, 3.63) is 216 Å². The average Bonchev–Trinajstić information content (AvgIpc) is 3.71. The van der Waals surface area contributed by atoms with Crippen LogP contribution in [0.2, 0.25) is 0 Å². The number of rotatable bonds is 4. The van der Waals surface area contributed by atoms with Crippen LogP contribution in [0.3, 0.4) is 0 Å². The predicted molar refractivity (Wildman–Crippen MR) is 218 cm³/mol. The lowest BCUT2D eigenvalue weighted by Gasteiger charge is -2.30. The van der Waals surface area contributed by atoms with E-state index in [9.17, 15) is 0 Å². The summed E-state index contributed by atoms with van der Waals surface area (Å²) in [6.45, 7) is 0. The third-order valence-corrected chi connectivity index (χ3v) is 11.3. The number of hydrogen-bond acceptors (Lipinski definition) is 2. The molecule has 0 aliphatic heterocycles. The molecule has 0 bridgehead atoms. The molecule has 2 heteroatoms. The molecule has 2 aliphatic rings. The predicted octanol–water partition coefficient (Wildman–Crippen LogP) is 12.6. The fraction of sp³-hybridized carbons (Fsp3) is 0.0196. The molecule has 2 aliphatic carbocycles. The first-order valence-electron chi connectivity index (χ1n) is 18.3. The second kappa shape index (κ2) is 11.6. The van der Waals surface area contributed by atoms with Gasteiger partial charge in [0.05, 0.1) is 16.8 Å². The first-order chi connectivity index (χ1) is 26.3. The summed E-state index contributed by atoms with van der Waals surface area (Å²) in [6, 6.07) is 70.2. The molecule has 0 fully saturated rings. The lowest BCUT2D eigenvalue weighted by molar-refractivity contribution is 0.794. The highest BCUT2D eigenvalue weighted by molar-refractivity contribution is 6.05. The Kier molecular flexibility index (Phi) is 6.50. The van der Waals surface area contributed by atoms with Gasteiger partial charge in [0.25, 0.3) is 0 Å². The highest BCUT2D eigenvalue weighted by Gasteiger charge is 2.51. The van der Waals surface area contributed by atoms with Gasteiger partial charge in [0.2, 0.25) is 0 Å². The van der Waals surface area contributed by atoms with Crippen molar-refractivity contribution in [1.29, 1.82) is 0 Å². The van der Waals surface area contributed by atoms with Gasteiger partial charge in [-0.25, -0.2) is 9.97 Å². The van der Waals surface area contributed by atoms with Crippen molar-refractivity contribution in [2.45, 2.75) is 5.41 Å². The molecule has 0 N–H and O–H groups in total. The van der Waals surface area contributed by atoms with Crippen LogP contribution in [0.25, 0.3) is 78.1 Å². The molecular weight excluding hydrogens is 641 g/mol. The summed E-state index contributed by atoms with van der Waals surface area (Å²) in [5.41, 5.74) is 17.4. The maximum Gasteiger partial charge on any atom is 0.160 e. The van der Waals surface area contributed by atoms with Crippen LogP contribution in [0.5, 0.6) is 0 Å². The van der Waals surface area contributed by atoms with Crippen LogP contribution in [-0.4, -0.2) is 9.97 Å². The molecular formula is C51H32N2. The van der Waals surface area contributed by atoms with Gasteiger partial charge in [-0.3, -0.25) is 0 Å². The summed E-state index contributed by atoms with van der Waals surface area (Å²) < 4.78 is 0. The van der Waals surface area contributed by atoms with Crippen LogP contribution in [-0.2, 0) is 5.41 Å². The highest BCUT2D eigenvalue weighted by Crippen LogP contribution is 2.63. The molecule has 0 saturated carbocycles. The van der Waals surface area contributed by atoms with Crippen molar-refractivity contribution in [3.63, 3.8) is 0 Å². The number of hydrogen-bond donors (Lipinski definition) is 0. The zero-order chi connectivity index (χ0) is 34.9. The summed E-state index contributed by atoms with van der Waals surface area (Å²) in [5.74, 6) is 0.712. The van der Waals surface area contributed by atoms with Gasteiger partial charge in [0.1, 0.15) is 0 Å². The average molecular weight is 673 g/mol. The van der Waals surface area contributed by atoms with E-state index < -0.39 is 5.41 Å². The third kappa shape index (κ3) is 4.33. The van der Waals surface area contributed by atoms with Crippen LogP contribution >= 0.6 is 0 Å². The molecule has 9 aromatic rings. The molecule has 246 valence electrons. The Bertz CT molecular complexity index is 2830. The van der Waals surface area contributed by atoms with Crippen molar-refractivity contribution in [1.82, 2.24) is 9.97 Å². The lowest BCUT2D eigenvalue weighted by Crippen LogP contribution is -2.25. The first kappa shape index (κ1) is 29.8. The van der Waals surface area contributed by atoms with E-state index in [1.54, 1.807) is 0 Å². The smallest absolute Gasteiger partial charge is 0.160 e. The Labute approximate surface area is 308 Å². The van der Waals surface area contributed by atoms with Gasteiger partial charge in [-0.05, 0) is 78.5 Å². The highest BCUT2D eigenvalue weighted by atomic mass is 14.9. The van der Waals surface area contributed by atoms with E-state index in [0.717, 1.165) is 28.1 Å². The number of aromatic nitrogens is 2. The van der Waals surface area contributed by atoms with Crippen molar-refractivity contribution in [2.24, 2.45) is 0 Å². The normalized spacial score (nSPS) is 13.1. The van der Waals surface area contributed by atoms with E-state index >= 15 is 0 Å². The number of fused-ring (bicyclic) bond motifs is 11. The minimum atomic E-state index is -0.420. The van der Waals surface area contributed by atoms with E-state index in [-0.39, 0.29) is 0 Å². The quantitative estimate of drug-likeness (QED) is 0.186. The van der Waals surface area contributed by atoms with Gasteiger partial charge in [-0.1, -0.05) is 182 Å². The van der Waals surface area contributed by atoms with E-state index in [1.165, 1.54) is 66.4 Å². The Morgan fingerprint density at radius 2 is 0.736 bits per heavy atom. The second-order valence-electron chi connectivity index (χ2n) is 14.0. The Morgan fingerprint density at radius 1 is 0.283 bits per heavy atom. The Morgan fingerprint density at radius 3 is 1.36 bits per heavy atom. The van der Waals surface area contributed by atoms with Crippen LogP contribution in [0.15, 0.2) is 194 Å². The minimum absolute atomic E-state index is 0.420. The van der Waals surface area contributed by atoms with Crippen molar-refractivity contribution in [2.75, 3.05) is 0 Å². The first-order valence-corrected chi connectivity index (χ1v) is 18.3. The molecule has 1 spiro atoms. The molecule has 0 radical (unpaired) electrons. The monoisotopic (exact) mass is 672 g/mol. The second-order valence-corrected chi connectivity index (χ2v) is 14.0. The van der Waals surface area contributed by atoms with E-state index in [0.29, 0.717) is 5.82 Å². The van der Waals surface area contributed by atoms with Crippen molar-refractivity contribution in [3.8, 4) is 67.3 Å². The molecule has 0 saturated heterocycles. The Balaban J connectivity index is 1.16. The third-order valence-electron chi connectivity index (χ3n) is 11.3. The SMILES string of the molecule is c1ccc(-c2nc(-c3ccc4c(c3)C3(c5ccccc5-c5ccccc53)c3ccccc3-4)cc(-c3ccc(-c4ccccc4)c4ccccc34)n2)cc1. The molecule has 8 aromatic carbocycles. The van der Waals surface area contributed by atoms with Gasteiger partial charge < -0.3 is 0 Å². The molecule has 0 amide bonds. The zero-order valence-electron chi connectivity index (χ0n) is 28.9. The molecule has 1 heterocycles. The minimum Gasteiger partial charge on any atom is -0.228 e. The maximum absolute atomic E-state index is 5.31. The van der Waals surface area contributed by atoms with E-state index in [4.69, 9.17) is 9.97 Å². The summed E-state index contributed by atoms with van der Waals surface area (Å²) >= 11 is 0. The fourth-order valence-electron chi connectivity index (χ4n) is 9.10. The molecule has 2 nitrogen and oxygen atoms in total. The maximum atomic E-state index is 5.31. The molecule has 53 heavy (non-hydrogen) atoms. The van der Waals surface area contributed by atoms with Gasteiger partial charge >= 0.3 is 0 Å². The van der Waals surface area contributed by atoms with Gasteiger partial charge in [0.15, 0.2) is 5.82 Å². The van der Waals surface area contributed by atoms with Crippen molar-refractivity contribution >= 4 is 10.8 Å². The topological polar surface area (TPSA) is 25.8 Å². The summed E-state index contributed by atoms with van der Waals surface area (Å²) in [5, 5.41) is 2.37. The largest absolute Gasteiger partial charge is 0.228 e. The molecule has 1 aromatic heterocycles. The fourth-order valence-corrected chi connectivity index (χ4v) is 9.10. The number of nitrogens with zero attached hydrogens (tertiary/aromatic N) is 2. The van der Waals surface area contributed by atoms with Crippen LogP contribution < -0.4 is 0 Å². The molecule has 11 rings (SSSR count). The van der Waals surface area contributed by atoms with Gasteiger partial charge in [-0.2, -0.15) is 0 Å². The van der Waals surface area contributed by atoms with Crippen LogP contribution in [0, 0.1) is 0 Å². The molecule has 0 atom stereocenters. The summed E-state index contributed by atoms with van der Waals surface area (Å²) in [4.78, 5) is 10.6. The Hall–Kier alpha value is -6.90. The van der Waals surface area contributed by atoms with Gasteiger partial charge in [0, 0.05) is 16.7 Å². The van der Waals surface area contributed by atoms with E-state index in [1.807, 2.05) is 6.07 Å². The summed E-state index contributed by atoms with van der Waals surface area (Å²) in [7, 11) is 0.